The molecule has 0 heterocycles. The number of rotatable bonds is 9. The zero-order valence-electron chi connectivity index (χ0n) is 16.7. The lowest BCUT2D eigenvalue weighted by Crippen LogP contribution is -2.30. The van der Waals surface area contributed by atoms with E-state index in [2.05, 4.69) is 5.32 Å². The second kappa shape index (κ2) is 10.7. The number of nitrogens with one attached hydrogen (secondary N) is 1. The van der Waals surface area contributed by atoms with E-state index in [0.717, 1.165) is 6.42 Å². The summed E-state index contributed by atoms with van der Waals surface area (Å²) in [5, 5.41) is 11.7. The lowest BCUT2D eigenvalue weighted by atomic mass is 10.2. The van der Waals surface area contributed by atoms with Gasteiger partial charge in [-0.05, 0) is 50.6 Å². The summed E-state index contributed by atoms with van der Waals surface area (Å²) in [4.78, 5) is 24.8. The van der Waals surface area contributed by atoms with Crippen LogP contribution in [0, 0.1) is 11.3 Å². The fourth-order valence-electron chi connectivity index (χ4n) is 2.44. The SMILES string of the molecule is CCCOc1ccc(C(=O)O[C@H](C)C(=O)Nc2ccccc2C#N)cc1OCC. The Labute approximate surface area is 170 Å². The molecule has 2 aromatic carbocycles. The normalized spacial score (nSPS) is 11.1. The summed E-state index contributed by atoms with van der Waals surface area (Å²) in [6, 6.07) is 13.3. The predicted octanol–water partition coefficient (Wildman–Crippen LogP) is 3.93. The van der Waals surface area contributed by atoms with E-state index in [-0.39, 0.29) is 5.56 Å². The molecule has 152 valence electrons. The van der Waals surface area contributed by atoms with Gasteiger partial charge in [0, 0.05) is 0 Å². The average molecular weight is 396 g/mol. The molecular weight excluding hydrogens is 372 g/mol. The first kappa shape index (κ1) is 21.8. The first-order valence-corrected chi connectivity index (χ1v) is 9.40. The van der Waals surface area contributed by atoms with Crippen molar-refractivity contribution >= 4 is 17.6 Å². The number of ether oxygens (including phenoxy) is 3. The Kier molecular flexibility index (Phi) is 8.04. The van der Waals surface area contributed by atoms with Gasteiger partial charge in [0.05, 0.1) is 30.0 Å². The molecule has 0 aliphatic heterocycles. The van der Waals surface area contributed by atoms with Crippen LogP contribution in [0.4, 0.5) is 5.69 Å². The average Bonchev–Trinajstić information content (AvgIpc) is 2.73. The van der Waals surface area contributed by atoms with Gasteiger partial charge in [-0.3, -0.25) is 4.79 Å². The number of benzene rings is 2. The van der Waals surface area contributed by atoms with E-state index in [9.17, 15) is 9.59 Å². The van der Waals surface area contributed by atoms with Gasteiger partial charge in [0.15, 0.2) is 17.6 Å². The van der Waals surface area contributed by atoms with Crippen molar-refractivity contribution in [2.24, 2.45) is 0 Å². The summed E-state index contributed by atoms with van der Waals surface area (Å²) >= 11 is 0. The fourth-order valence-corrected chi connectivity index (χ4v) is 2.44. The molecule has 0 unspecified atom stereocenters. The minimum Gasteiger partial charge on any atom is -0.490 e. The summed E-state index contributed by atoms with van der Waals surface area (Å²) in [6.45, 7) is 6.24. The molecule has 0 radical (unpaired) electrons. The maximum absolute atomic E-state index is 12.5. The van der Waals surface area contributed by atoms with Crippen LogP contribution in [0.15, 0.2) is 42.5 Å². The van der Waals surface area contributed by atoms with Crippen LogP contribution >= 0.6 is 0 Å². The molecule has 0 saturated carbocycles. The zero-order valence-corrected chi connectivity index (χ0v) is 16.7. The number of esters is 1. The smallest absolute Gasteiger partial charge is 0.339 e. The highest BCUT2D eigenvalue weighted by atomic mass is 16.5. The number of carbonyl (C=O) groups excluding carboxylic acids is 2. The van der Waals surface area contributed by atoms with E-state index >= 15 is 0 Å². The molecule has 2 aromatic rings. The van der Waals surface area contributed by atoms with Gasteiger partial charge in [0.1, 0.15) is 6.07 Å². The third-order valence-corrected chi connectivity index (χ3v) is 3.90. The molecule has 0 aliphatic carbocycles. The molecule has 0 bridgehead atoms. The van der Waals surface area contributed by atoms with Gasteiger partial charge in [-0.15, -0.1) is 0 Å². The molecule has 0 spiro atoms. The summed E-state index contributed by atoms with van der Waals surface area (Å²) < 4.78 is 16.4. The Morgan fingerprint density at radius 1 is 1.10 bits per heavy atom. The number of nitriles is 1. The van der Waals surface area contributed by atoms with E-state index in [0.29, 0.717) is 36.0 Å². The highest BCUT2D eigenvalue weighted by Gasteiger charge is 2.21. The van der Waals surface area contributed by atoms with Crippen molar-refractivity contribution in [2.75, 3.05) is 18.5 Å². The molecule has 7 heteroatoms. The third-order valence-electron chi connectivity index (χ3n) is 3.90. The maximum Gasteiger partial charge on any atom is 0.339 e. The lowest BCUT2D eigenvalue weighted by Gasteiger charge is -2.15. The molecule has 29 heavy (non-hydrogen) atoms. The van der Waals surface area contributed by atoms with Crippen molar-refractivity contribution in [1.29, 1.82) is 5.26 Å². The van der Waals surface area contributed by atoms with Crippen LogP contribution in [-0.4, -0.2) is 31.2 Å². The highest BCUT2D eigenvalue weighted by Crippen LogP contribution is 2.29. The van der Waals surface area contributed by atoms with Crippen LogP contribution in [0.3, 0.4) is 0 Å². The molecule has 0 aromatic heterocycles. The van der Waals surface area contributed by atoms with Gasteiger partial charge in [-0.25, -0.2) is 4.79 Å². The van der Waals surface area contributed by atoms with Gasteiger partial charge < -0.3 is 19.5 Å². The Morgan fingerprint density at radius 3 is 2.55 bits per heavy atom. The van der Waals surface area contributed by atoms with E-state index in [1.54, 1.807) is 36.4 Å². The van der Waals surface area contributed by atoms with Crippen molar-refractivity contribution in [3.8, 4) is 17.6 Å². The minimum atomic E-state index is -1.05. The number of hydrogen-bond donors (Lipinski definition) is 1. The third kappa shape index (κ3) is 5.98. The largest absolute Gasteiger partial charge is 0.490 e. The second-order valence-corrected chi connectivity index (χ2v) is 6.14. The summed E-state index contributed by atoms with van der Waals surface area (Å²) in [6.07, 6.45) is -0.211. The minimum absolute atomic E-state index is 0.245. The predicted molar refractivity (Wildman–Crippen MR) is 108 cm³/mol. The fraction of sp³-hybridized carbons (Fsp3) is 0.318. The molecule has 0 aliphatic rings. The van der Waals surface area contributed by atoms with Crippen LogP contribution < -0.4 is 14.8 Å². The number of amides is 1. The standard InChI is InChI=1S/C22H24N2O5/c1-4-12-28-19-11-10-16(13-20(19)27-5-2)22(26)29-15(3)21(25)24-18-9-7-6-8-17(18)14-23/h6-11,13,15H,4-5,12H2,1-3H3,(H,24,25)/t15-/m1/s1. The monoisotopic (exact) mass is 396 g/mol. The van der Waals surface area contributed by atoms with E-state index in [1.807, 2.05) is 19.9 Å². The van der Waals surface area contributed by atoms with Gasteiger partial charge in [0.2, 0.25) is 0 Å². The van der Waals surface area contributed by atoms with Crippen LogP contribution in [0.2, 0.25) is 0 Å². The molecule has 2 rings (SSSR count). The Hall–Kier alpha value is -3.53. The van der Waals surface area contributed by atoms with E-state index in [4.69, 9.17) is 19.5 Å². The summed E-state index contributed by atoms with van der Waals surface area (Å²) in [7, 11) is 0. The first-order chi connectivity index (χ1) is 14.0. The molecule has 0 saturated heterocycles. The molecule has 1 atom stereocenters. The van der Waals surface area contributed by atoms with Crippen molar-refractivity contribution in [3.05, 3.63) is 53.6 Å². The number of carbonyl (C=O) groups is 2. The molecule has 1 amide bonds. The first-order valence-electron chi connectivity index (χ1n) is 9.40. The van der Waals surface area contributed by atoms with Crippen molar-refractivity contribution in [2.45, 2.75) is 33.3 Å². The number of anilines is 1. The summed E-state index contributed by atoms with van der Waals surface area (Å²) in [5.74, 6) is -0.210. The van der Waals surface area contributed by atoms with Crippen LogP contribution in [-0.2, 0) is 9.53 Å². The van der Waals surface area contributed by atoms with Gasteiger partial charge >= 0.3 is 5.97 Å². The van der Waals surface area contributed by atoms with Gasteiger partial charge in [0.25, 0.3) is 5.91 Å². The second-order valence-electron chi connectivity index (χ2n) is 6.14. The number of hydrogen-bond acceptors (Lipinski definition) is 6. The Balaban J connectivity index is 2.07. The highest BCUT2D eigenvalue weighted by molar-refractivity contribution is 5.98. The number of nitrogens with zero attached hydrogens (tertiary/aromatic N) is 1. The Morgan fingerprint density at radius 2 is 1.86 bits per heavy atom. The molecule has 1 N–H and O–H groups in total. The zero-order chi connectivity index (χ0) is 21.2. The maximum atomic E-state index is 12.5. The van der Waals surface area contributed by atoms with E-state index in [1.165, 1.54) is 13.0 Å². The van der Waals surface area contributed by atoms with Crippen molar-refractivity contribution in [3.63, 3.8) is 0 Å². The molecule has 7 nitrogen and oxygen atoms in total. The van der Waals surface area contributed by atoms with Gasteiger partial charge in [-0.2, -0.15) is 5.26 Å². The van der Waals surface area contributed by atoms with Crippen LogP contribution in [0.25, 0.3) is 0 Å². The van der Waals surface area contributed by atoms with Crippen molar-refractivity contribution < 1.29 is 23.8 Å². The molecule has 0 fully saturated rings. The topological polar surface area (TPSA) is 97.6 Å². The number of para-hydroxylation sites is 1. The van der Waals surface area contributed by atoms with E-state index < -0.39 is 18.0 Å². The molecular formula is C22H24N2O5. The Bertz CT molecular complexity index is 904. The van der Waals surface area contributed by atoms with Crippen LogP contribution in [0.5, 0.6) is 11.5 Å². The van der Waals surface area contributed by atoms with Gasteiger partial charge in [-0.1, -0.05) is 19.1 Å². The van der Waals surface area contributed by atoms with Crippen LogP contribution in [0.1, 0.15) is 43.1 Å². The quantitative estimate of drug-likeness (QED) is 0.645. The van der Waals surface area contributed by atoms with Crippen molar-refractivity contribution in [1.82, 2.24) is 0 Å². The lowest BCUT2D eigenvalue weighted by molar-refractivity contribution is -0.123. The summed E-state index contributed by atoms with van der Waals surface area (Å²) in [5.41, 5.74) is 0.928.